The lowest BCUT2D eigenvalue weighted by molar-refractivity contribution is -0.118. The van der Waals surface area contributed by atoms with Crippen molar-refractivity contribution in [2.45, 2.75) is 70.5 Å². The highest BCUT2D eigenvalue weighted by Gasteiger charge is 2.82. The van der Waals surface area contributed by atoms with Gasteiger partial charge in [0, 0.05) is 24.2 Å². The summed E-state index contributed by atoms with van der Waals surface area (Å²) < 4.78 is 6.27. The van der Waals surface area contributed by atoms with Gasteiger partial charge >= 0.3 is 5.97 Å². The molecular formula is C23H32O3+2. The van der Waals surface area contributed by atoms with E-state index in [0.29, 0.717) is 23.7 Å². The van der Waals surface area contributed by atoms with Crippen LogP contribution in [0.1, 0.15) is 58.8 Å². The lowest BCUT2D eigenvalue weighted by Crippen LogP contribution is -2.56. The van der Waals surface area contributed by atoms with Crippen LogP contribution in [0.15, 0.2) is 23.8 Å². The minimum absolute atomic E-state index is 0.0129. The van der Waals surface area contributed by atoms with E-state index in [1.54, 1.807) is 0 Å². The molecule has 1 heterocycles. The van der Waals surface area contributed by atoms with Crippen LogP contribution in [0.5, 0.6) is 0 Å². The standard InChI is InChI=1S/C23H30O3/c1-21-8-5-14(24)11-13(21)3-4-15-17(21)6-9-22(2)20(15)16-12-18(16)23(22)10-7-19(25)26-23/h3-4,11,14-18,20,24H,5-10,12H2,1-2H3/p+2/t14?,15-,16-,17+,18+,20-,21+,22+,23+/m1/s1. The van der Waals surface area contributed by atoms with Crippen LogP contribution in [0.2, 0.25) is 0 Å². The summed E-state index contributed by atoms with van der Waals surface area (Å²) in [6.45, 7) is 4.97. The van der Waals surface area contributed by atoms with Crippen molar-refractivity contribution < 1.29 is 14.6 Å². The van der Waals surface area contributed by atoms with E-state index >= 15 is 0 Å². The molecule has 3 heteroatoms. The second-order valence-corrected chi connectivity index (χ2v) is 10.6. The lowest BCUT2D eigenvalue weighted by Gasteiger charge is -2.57. The summed E-state index contributed by atoms with van der Waals surface area (Å²) in [4.78, 5) is 10.1. The van der Waals surface area contributed by atoms with Crippen LogP contribution in [0.4, 0.5) is 0 Å². The van der Waals surface area contributed by atoms with Gasteiger partial charge in [-0.25, -0.2) is 0 Å². The van der Waals surface area contributed by atoms with Crippen LogP contribution >= 0.6 is 0 Å². The normalized spacial score (nSPS) is 59.2. The van der Waals surface area contributed by atoms with Gasteiger partial charge in [0.2, 0.25) is 5.60 Å². The molecular weight excluding hydrogens is 324 g/mol. The monoisotopic (exact) mass is 356 g/mol. The molecule has 9 atom stereocenters. The van der Waals surface area contributed by atoms with Gasteiger partial charge in [0.25, 0.3) is 0 Å². The molecule has 3 nitrogen and oxygen atoms in total. The first-order valence-corrected chi connectivity index (χ1v) is 10.7. The van der Waals surface area contributed by atoms with E-state index in [0.717, 1.165) is 31.1 Å². The van der Waals surface area contributed by atoms with Crippen molar-refractivity contribution in [3.05, 3.63) is 23.8 Å². The summed E-state index contributed by atoms with van der Waals surface area (Å²) in [5, 5.41) is 8.18. The first-order chi connectivity index (χ1) is 12.4. The Labute approximate surface area is 155 Å². The van der Waals surface area contributed by atoms with E-state index in [2.05, 4.69) is 32.1 Å². The van der Waals surface area contributed by atoms with Crippen LogP contribution in [0.3, 0.4) is 0 Å². The number of rotatable bonds is 0. The van der Waals surface area contributed by atoms with Crippen molar-refractivity contribution in [1.82, 2.24) is 0 Å². The summed E-state index contributed by atoms with van der Waals surface area (Å²) in [5.41, 5.74) is 1.84. The molecule has 5 aliphatic carbocycles. The zero-order valence-corrected chi connectivity index (χ0v) is 16.0. The largest absolute Gasteiger partial charge is 0.483 e. The van der Waals surface area contributed by atoms with Gasteiger partial charge < -0.3 is 14.6 Å². The van der Waals surface area contributed by atoms with E-state index in [4.69, 9.17) is 9.84 Å². The second kappa shape index (κ2) is 4.66. The van der Waals surface area contributed by atoms with Gasteiger partial charge in [-0.3, -0.25) is 0 Å². The van der Waals surface area contributed by atoms with Gasteiger partial charge in [0.1, 0.15) is 6.42 Å². The summed E-state index contributed by atoms with van der Waals surface area (Å²) in [6.07, 6.45) is 14.9. The molecule has 6 rings (SSSR count). The maximum Gasteiger partial charge on any atom is 0.483 e. The fourth-order valence-electron chi connectivity index (χ4n) is 8.53. The Kier molecular flexibility index (Phi) is 2.85. The molecule has 6 aliphatic rings. The van der Waals surface area contributed by atoms with Gasteiger partial charge in [0.05, 0.1) is 0 Å². The highest BCUT2D eigenvalue weighted by molar-refractivity contribution is 5.74. The number of esters is 1. The van der Waals surface area contributed by atoms with Crippen molar-refractivity contribution in [3.63, 3.8) is 0 Å². The highest BCUT2D eigenvalue weighted by atomic mass is 16.6. The molecule has 0 bridgehead atoms. The number of allylic oxidation sites excluding steroid dienone is 3. The zero-order valence-electron chi connectivity index (χ0n) is 16.0. The SMILES string of the molecule is C[C@]12CCC([OH2+])C=C1C=C[C@H]1[C@@H]3[C@@H]4C[C@@H]4[C@@]4(CCC(=[OH+])O4)[C@@]3(C)CC[C@@H]12. The Balaban J connectivity index is 1.43. The number of hydrogen-bond donors (Lipinski definition) is 0. The van der Waals surface area contributed by atoms with Crippen LogP contribution in [0, 0.1) is 40.4 Å². The molecule has 1 unspecified atom stereocenters. The second-order valence-electron chi connectivity index (χ2n) is 10.6. The van der Waals surface area contributed by atoms with Crippen molar-refractivity contribution in [1.29, 1.82) is 0 Å². The van der Waals surface area contributed by atoms with Gasteiger partial charge in [-0.1, -0.05) is 26.0 Å². The number of fused-ring (bicyclic) bond motifs is 9. The minimum atomic E-state index is -0.0823. The quantitative estimate of drug-likeness (QED) is 0.482. The fraction of sp³-hybridized carbons (Fsp3) is 0.783. The van der Waals surface area contributed by atoms with E-state index in [1.807, 2.05) is 0 Å². The Bertz CT molecular complexity index is 753. The Hall–Kier alpha value is -1.09. The average molecular weight is 357 g/mol. The van der Waals surface area contributed by atoms with E-state index < -0.39 is 0 Å². The minimum Gasteiger partial charge on any atom is -0.440 e. The predicted octanol–water partition coefficient (Wildman–Crippen LogP) is 3.73. The number of ether oxygens (including phenoxy) is 1. The molecule has 1 aliphatic heterocycles. The molecule has 3 N–H and O–H groups in total. The third-order valence-electron chi connectivity index (χ3n) is 9.80. The van der Waals surface area contributed by atoms with Crippen LogP contribution in [-0.2, 0) is 4.74 Å². The summed E-state index contributed by atoms with van der Waals surface area (Å²) in [5.74, 6) is 3.84. The highest BCUT2D eigenvalue weighted by Crippen LogP contribution is 2.78. The first-order valence-electron chi connectivity index (χ1n) is 10.7. The van der Waals surface area contributed by atoms with E-state index in [-0.39, 0.29) is 22.5 Å². The molecule has 26 heavy (non-hydrogen) atoms. The average Bonchev–Trinajstić information content (AvgIpc) is 3.24. The molecule has 140 valence electrons. The molecule has 1 saturated heterocycles. The van der Waals surface area contributed by atoms with Gasteiger partial charge in [-0.05, 0) is 66.4 Å². The molecule has 0 aromatic heterocycles. The topological polar surface area (TPSA) is 53.5 Å². The lowest BCUT2D eigenvalue weighted by atomic mass is 9.47. The van der Waals surface area contributed by atoms with Gasteiger partial charge in [-0.15, -0.1) is 0 Å². The number of carbonyl (C=O) groups excluding carboxylic acids is 1. The summed E-state index contributed by atoms with van der Waals surface area (Å²) >= 11 is 0. The van der Waals surface area contributed by atoms with Crippen molar-refractivity contribution in [3.8, 4) is 0 Å². The molecule has 3 saturated carbocycles. The van der Waals surface area contributed by atoms with Crippen LogP contribution < -0.4 is 0 Å². The first kappa shape index (κ1) is 15.9. The Morgan fingerprint density at radius 2 is 2.00 bits per heavy atom. The third kappa shape index (κ3) is 1.64. The molecule has 0 aromatic carbocycles. The summed E-state index contributed by atoms with van der Waals surface area (Å²) in [6, 6.07) is 0. The maximum atomic E-state index is 10.1. The van der Waals surface area contributed by atoms with Crippen molar-refractivity contribution in [2.24, 2.45) is 40.4 Å². The molecule has 0 amide bonds. The van der Waals surface area contributed by atoms with Crippen molar-refractivity contribution >= 4 is 5.97 Å². The van der Waals surface area contributed by atoms with Crippen LogP contribution in [0.25, 0.3) is 0 Å². The summed E-state index contributed by atoms with van der Waals surface area (Å²) in [7, 11) is 0. The predicted molar refractivity (Wildman–Crippen MR) is 101 cm³/mol. The molecule has 0 aromatic rings. The third-order valence-corrected chi connectivity index (χ3v) is 9.80. The fourth-order valence-corrected chi connectivity index (χ4v) is 8.53. The van der Waals surface area contributed by atoms with Gasteiger partial charge in [0.15, 0.2) is 6.10 Å². The van der Waals surface area contributed by atoms with E-state index in [1.165, 1.54) is 31.3 Å². The van der Waals surface area contributed by atoms with Crippen molar-refractivity contribution in [2.75, 3.05) is 0 Å². The molecule has 0 radical (unpaired) electrons. The number of hydrogen-bond acceptors (Lipinski definition) is 1. The zero-order chi connectivity index (χ0) is 17.9. The van der Waals surface area contributed by atoms with Crippen LogP contribution in [-0.4, -0.2) is 27.6 Å². The Morgan fingerprint density at radius 3 is 2.77 bits per heavy atom. The smallest absolute Gasteiger partial charge is 0.440 e. The van der Waals surface area contributed by atoms with Gasteiger partial charge in [-0.2, -0.15) is 0 Å². The molecule has 4 fully saturated rings. The van der Waals surface area contributed by atoms with E-state index in [9.17, 15) is 4.79 Å². The Morgan fingerprint density at radius 1 is 1.15 bits per heavy atom. The maximum absolute atomic E-state index is 10.1. The molecule has 1 spiro atoms.